The first-order valence-electron chi connectivity index (χ1n) is 6.21. The van der Waals surface area contributed by atoms with Crippen LogP contribution in [0.4, 0.5) is 0 Å². The van der Waals surface area contributed by atoms with E-state index in [0.29, 0.717) is 23.6 Å². The van der Waals surface area contributed by atoms with E-state index in [0.717, 1.165) is 5.56 Å². The van der Waals surface area contributed by atoms with Gasteiger partial charge in [0.1, 0.15) is 0 Å². The number of likely N-dealkylation sites (tertiary alicyclic amines) is 1. The molecule has 19 heavy (non-hydrogen) atoms. The standard InChI is InChI=1S/C14H16ClNO3/c1-8-5-10(7-11(15)6-8)13(17)16-4-3-12(9(16)2)14(18)19/h5-7,9,12H,3-4H2,1-2H3,(H,18,19). The van der Waals surface area contributed by atoms with Crippen molar-refractivity contribution in [3.8, 4) is 0 Å². The van der Waals surface area contributed by atoms with Crippen LogP contribution in [0.2, 0.25) is 5.02 Å². The zero-order valence-electron chi connectivity index (χ0n) is 10.9. The molecular weight excluding hydrogens is 266 g/mol. The van der Waals surface area contributed by atoms with Gasteiger partial charge in [-0.15, -0.1) is 0 Å². The summed E-state index contributed by atoms with van der Waals surface area (Å²) in [5.41, 5.74) is 1.43. The summed E-state index contributed by atoms with van der Waals surface area (Å²) in [6.45, 7) is 4.12. The Labute approximate surface area is 117 Å². The smallest absolute Gasteiger partial charge is 0.308 e. The lowest BCUT2D eigenvalue weighted by Crippen LogP contribution is -2.37. The molecule has 1 amide bonds. The predicted molar refractivity (Wildman–Crippen MR) is 72.4 cm³/mol. The fraction of sp³-hybridized carbons (Fsp3) is 0.429. The normalized spacial score (nSPS) is 22.6. The molecule has 1 aliphatic heterocycles. The zero-order valence-corrected chi connectivity index (χ0v) is 11.6. The Kier molecular flexibility index (Phi) is 3.80. The molecule has 0 aliphatic carbocycles. The van der Waals surface area contributed by atoms with E-state index < -0.39 is 11.9 Å². The minimum absolute atomic E-state index is 0.151. The summed E-state index contributed by atoms with van der Waals surface area (Å²) in [7, 11) is 0. The molecule has 4 nitrogen and oxygen atoms in total. The largest absolute Gasteiger partial charge is 0.481 e. The summed E-state index contributed by atoms with van der Waals surface area (Å²) >= 11 is 5.95. The van der Waals surface area contributed by atoms with E-state index in [1.54, 1.807) is 30.0 Å². The molecule has 5 heteroatoms. The third kappa shape index (κ3) is 2.73. The molecule has 2 atom stereocenters. The van der Waals surface area contributed by atoms with Crippen LogP contribution in [0.5, 0.6) is 0 Å². The molecule has 0 spiro atoms. The van der Waals surface area contributed by atoms with Gasteiger partial charge in [0.25, 0.3) is 5.91 Å². The molecule has 0 saturated carbocycles. The average Bonchev–Trinajstić information content (AvgIpc) is 2.69. The maximum Gasteiger partial charge on any atom is 0.308 e. The van der Waals surface area contributed by atoms with Crippen LogP contribution in [0.3, 0.4) is 0 Å². The number of amides is 1. The topological polar surface area (TPSA) is 57.6 Å². The Balaban J connectivity index is 2.23. The predicted octanol–water partition coefficient (Wildman–Crippen LogP) is 2.58. The minimum atomic E-state index is -0.843. The summed E-state index contributed by atoms with van der Waals surface area (Å²) in [5.74, 6) is -1.48. The monoisotopic (exact) mass is 281 g/mol. The van der Waals surface area contributed by atoms with Crippen molar-refractivity contribution >= 4 is 23.5 Å². The van der Waals surface area contributed by atoms with Crippen LogP contribution in [-0.4, -0.2) is 34.5 Å². The molecule has 102 valence electrons. The molecule has 1 saturated heterocycles. The van der Waals surface area contributed by atoms with Gasteiger partial charge in [-0.25, -0.2) is 0 Å². The highest BCUT2D eigenvalue weighted by Gasteiger charge is 2.38. The third-order valence-corrected chi connectivity index (χ3v) is 3.84. The van der Waals surface area contributed by atoms with Crippen molar-refractivity contribution < 1.29 is 14.7 Å². The number of halogens is 1. The number of aliphatic carboxylic acids is 1. The zero-order chi connectivity index (χ0) is 14.2. The van der Waals surface area contributed by atoms with E-state index in [4.69, 9.17) is 16.7 Å². The molecule has 0 radical (unpaired) electrons. The first kappa shape index (κ1) is 13.9. The quantitative estimate of drug-likeness (QED) is 0.906. The first-order valence-corrected chi connectivity index (χ1v) is 6.59. The Hall–Kier alpha value is -1.55. The molecule has 1 N–H and O–H groups in total. The van der Waals surface area contributed by atoms with Gasteiger partial charge in [0.2, 0.25) is 0 Å². The lowest BCUT2D eigenvalue weighted by Gasteiger charge is -2.23. The number of carboxylic acid groups (broad SMARTS) is 1. The Morgan fingerprint density at radius 3 is 2.58 bits per heavy atom. The molecule has 1 aliphatic rings. The van der Waals surface area contributed by atoms with Crippen molar-refractivity contribution in [1.29, 1.82) is 0 Å². The van der Waals surface area contributed by atoms with Gasteiger partial charge in [-0.2, -0.15) is 0 Å². The van der Waals surface area contributed by atoms with Crippen LogP contribution >= 0.6 is 11.6 Å². The van der Waals surface area contributed by atoms with Gasteiger partial charge in [0.05, 0.1) is 5.92 Å². The van der Waals surface area contributed by atoms with E-state index in [1.165, 1.54) is 0 Å². The SMILES string of the molecule is Cc1cc(Cl)cc(C(=O)N2CCC(C(=O)O)C2C)c1. The Morgan fingerprint density at radius 2 is 2.05 bits per heavy atom. The number of carbonyl (C=O) groups excluding carboxylic acids is 1. The Bertz CT molecular complexity index is 509. The maximum atomic E-state index is 12.4. The van der Waals surface area contributed by atoms with Crippen molar-refractivity contribution in [2.24, 2.45) is 5.92 Å². The number of aryl methyl sites for hydroxylation is 1. The summed E-state index contributed by atoms with van der Waals surface area (Å²) in [6.07, 6.45) is 0.502. The first-order chi connectivity index (χ1) is 8.90. The average molecular weight is 282 g/mol. The number of carbonyl (C=O) groups is 2. The van der Waals surface area contributed by atoms with Gasteiger partial charge >= 0.3 is 5.97 Å². The van der Waals surface area contributed by atoms with Crippen molar-refractivity contribution in [2.75, 3.05) is 6.54 Å². The van der Waals surface area contributed by atoms with Crippen molar-refractivity contribution in [1.82, 2.24) is 4.90 Å². The molecule has 1 fully saturated rings. The molecule has 2 unspecified atom stereocenters. The van der Waals surface area contributed by atoms with Crippen LogP contribution in [0.15, 0.2) is 18.2 Å². The van der Waals surface area contributed by atoms with Crippen LogP contribution < -0.4 is 0 Å². The number of hydrogen-bond donors (Lipinski definition) is 1. The summed E-state index contributed by atoms with van der Waals surface area (Å²) in [5, 5.41) is 9.60. The van der Waals surface area contributed by atoms with Gasteiger partial charge in [0, 0.05) is 23.2 Å². The highest BCUT2D eigenvalue weighted by atomic mass is 35.5. The summed E-state index contributed by atoms with van der Waals surface area (Å²) in [6, 6.07) is 4.89. The van der Waals surface area contributed by atoms with Crippen molar-refractivity contribution in [2.45, 2.75) is 26.3 Å². The van der Waals surface area contributed by atoms with Gasteiger partial charge in [-0.05, 0) is 44.0 Å². The van der Waals surface area contributed by atoms with E-state index in [9.17, 15) is 9.59 Å². The second-order valence-electron chi connectivity index (χ2n) is 4.99. The fourth-order valence-electron chi connectivity index (χ4n) is 2.58. The van der Waals surface area contributed by atoms with Crippen molar-refractivity contribution in [3.63, 3.8) is 0 Å². The van der Waals surface area contributed by atoms with E-state index >= 15 is 0 Å². The lowest BCUT2D eigenvalue weighted by atomic mass is 10.0. The minimum Gasteiger partial charge on any atom is -0.481 e. The number of hydrogen-bond acceptors (Lipinski definition) is 2. The molecule has 0 aromatic heterocycles. The van der Waals surface area contributed by atoms with Crippen LogP contribution in [-0.2, 0) is 4.79 Å². The Morgan fingerprint density at radius 1 is 1.37 bits per heavy atom. The maximum absolute atomic E-state index is 12.4. The number of benzene rings is 1. The van der Waals surface area contributed by atoms with Crippen LogP contribution in [0.1, 0.15) is 29.3 Å². The highest BCUT2D eigenvalue weighted by Crippen LogP contribution is 2.27. The summed E-state index contributed by atoms with van der Waals surface area (Å²) < 4.78 is 0. The molecule has 1 aromatic carbocycles. The molecule has 0 bridgehead atoms. The van der Waals surface area contributed by atoms with E-state index in [2.05, 4.69) is 0 Å². The van der Waals surface area contributed by atoms with Crippen molar-refractivity contribution in [3.05, 3.63) is 34.3 Å². The molecular formula is C14H16ClNO3. The highest BCUT2D eigenvalue weighted by molar-refractivity contribution is 6.31. The lowest BCUT2D eigenvalue weighted by molar-refractivity contribution is -0.142. The van der Waals surface area contributed by atoms with E-state index in [1.807, 2.05) is 6.92 Å². The number of rotatable bonds is 2. The van der Waals surface area contributed by atoms with E-state index in [-0.39, 0.29) is 11.9 Å². The molecule has 1 heterocycles. The number of nitrogens with zero attached hydrogens (tertiary/aromatic N) is 1. The molecule has 1 aromatic rings. The summed E-state index contributed by atoms with van der Waals surface area (Å²) in [4.78, 5) is 25.1. The van der Waals surface area contributed by atoms with Gasteiger partial charge in [0.15, 0.2) is 0 Å². The second kappa shape index (κ2) is 5.21. The fourth-order valence-corrected chi connectivity index (χ4v) is 2.87. The van der Waals surface area contributed by atoms with Crippen LogP contribution in [0, 0.1) is 12.8 Å². The van der Waals surface area contributed by atoms with Crippen LogP contribution in [0.25, 0.3) is 0 Å². The second-order valence-corrected chi connectivity index (χ2v) is 5.43. The molecule has 2 rings (SSSR count). The number of carboxylic acids is 1. The third-order valence-electron chi connectivity index (χ3n) is 3.62. The van der Waals surface area contributed by atoms with Gasteiger partial charge in [-0.1, -0.05) is 11.6 Å². The van der Waals surface area contributed by atoms with Gasteiger partial charge in [-0.3, -0.25) is 9.59 Å². The van der Waals surface area contributed by atoms with Gasteiger partial charge < -0.3 is 10.0 Å².